The van der Waals surface area contributed by atoms with Crippen molar-refractivity contribution in [3.8, 4) is 0 Å². The minimum absolute atomic E-state index is 0.0908. The number of hydrogen-bond acceptors (Lipinski definition) is 3. The Hall–Kier alpha value is -1.89. The van der Waals surface area contributed by atoms with E-state index in [1.807, 2.05) is 19.1 Å². The predicted molar refractivity (Wildman–Crippen MR) is 91.1 cm³/mol. The number of sulfonamides is 1. The van der Waals surface area contributed by atoms with Crippen molar-refractivity contribution in [3.63, 3.8) is 0 Å². The molecule has 0 radical (unpaired) electrons. The molecule has 0 atom stereocenters. The van der Waals surface area contributed by atoms with Gasteiger partial charge in [-0.3, -0.25) is 4.79 Å². The fraction of sp³-hybridized carbons (Fsp3) is 0.188. The molecule has 0 saturated heterocycles. The molecule has 2 aromatic carbocycles. The zero-order valence-corrected chi connectivity index (χ0v) is 14.4. The minimum Gasteiger partial charge on any atom is -0.325 e. The van der Waals surface area contributed by atoms with Crippen LogP contribution in [0, 0.1) is 6.92 Å². The number of hydrogen-bond donors (Lipinski definition) is 1. The maximum Gasteiger partial charge on any atom is 0.243 e. The molecule has 1 N–H and O–H groups in total. The molecule has 2 rings (SSSR count). The van der Waals surface area contributed by atoms with E-state index in [0.29, 0.717) is 10.7 Å². The summed E-state index contributed by atoms with van der Waals surface area (Å²) in [6, 6.07) is 13.1. The molecule has 0 aliphatic carbocycles. The van der Waals surface area contributed by atoms with Crippen molar-refractivity contribution in [1.82, 2.24) is 4.31 Å². The number of benzene rings is 2. The first-order valence-corrected chi connectivity index (χ1v) is 8.70. The second-order valence-electron chi connectivity index (χ2n) is 5.08. The lowest BCUT2D eigenvalue weighted by molar-refractivity contribution is -0.116. The Morgan fingerprint density at radius 2 is 1.74 bits per heavy atom. The maximum atomic E-state index is 12.4. The van der Waals surface area contributed by atoms with Crippen LogP contribution < -0.4 is 5.32 Å². The monoisotopic (exact) mass is 352 g/mol. The standard InChI is InChI=1S/C16H17ClN2O3S/c1-12-5-3-4-6-15(12)18-16(20)11-19(2)23(21,22)14-9-7-13(17)8-10-14/h3-10H,11H2,1-2H3,(H,18,20). The van der Waals surface area contributed by atoms with E-state index in [4.69, 9.17) is 11.6 Å². The van der Waals surface area contributed by atoms with Gasteiger partial charge < -0.3 is 5.32 Å². The first kappa shape index (κ1) is 17.5. The van der Waals surface area contributed by atoms with Gasteiger partial charge in [0.25, 0.3) is 0 Å². The number of carbonyl (C=O) groups excluding carboxylic acids is 1. The van der Waals surface area contributed by atoms with Crippen LogP contribution in [0.1, 0.15) is 5.56 Å². The molecule has 0 aliphatic heterocycles. The molecule has 0 unspecified atom stereocenters. The van der Waals surface area contributed by atoms with Gasteiger partial charge in [-0.15, -0.1) is 0 Å². The van der Waals surface area contributed by atoms with E-state index in [2.05, 4.69) is 5.32 Å². The van der Waals surface area contributed by atoms with E-state index in [0.717, 1.165) is 9.87 Å². The van der Waals surface area contributed by atoms with Gasteiger partial charge in [0.05, 0.1) is 11.4 Å². The van der Waals surface area contributed by atoms with Crippen LogP contribution in [-0.2, 0) is 14.8 Å². The summed E-state index contributed by atoms with van der Waals surface area (Å²) in [7, 11) is -2.38. The Balaban J connectivity index is 2.08. The Morgan fingerprint density at radius 3 is 2.35 bits per heavy atom. The minimum atomic E-state index is -3.74. The van der Waals surface area contributed by atoms with Crippen LogP contribution in [0.15, 0.2) is 53.4 Å². The van der Waals surface area contributed by atoms with Crippen LogP contribution in [0.4, 0.5) is 5.69 Å². The number of amides is 1. The highest BCUT2D eigenvalue weighted by atomic mass is 35.5. The van der Waals surface area contributed by atoms with Crippen molar-refractivity contribution in [3.05, 3.63) is 59.1 Å². The van der Waals surface area contributed by atoms with E-state index in [-0.39, 0.29) is 11.4 Å². The average molecular weight is 353 g/mol. The summed E-state index contributed by atoms with van der Waals surface area (Å²) in [4.78, 5) is 12.2. The van der Waals surface area contributed by atoms with Crippen molar-refractivity contribution >= 4 is 33.2 Å². The fourth-order valence-corrected chi connectivity index (χ4v) is 3.23. The SMILES string of the molecule is Cc1ccccc1NC(=O)CN(C)S(=O)(=O)c1ccc(Cl)cc1. The first-order chi connectivity index (χ1) is 10.8. The van der Waals surface area contributed by atoms with Gasteiger partial charge in [-0.25, -0.2) is 8.42 Å². The second kappa shape index (κ2) is 7.12. The molecule has 0 aliphatic rings. The Labute approximate surface area is 140 Å². The number of likely N-dealkylation sites (N-methyl/N-ethyl adjacent to an activating group) is 1. The topological polar surface area (TPSA) is 66.5 Å². The molecule has 0 aromatic heterocycles. The number of carbonyl (C=O) groups is 1. The van der Waals surface area contributed by atoms with Crippen molar-refractivity contribution < 1.29 is 13.2 Å². The van der Waals surface area contributed by atoms with Crippen LogP contribution >= 0.6 is 11.6 Å². The third kappa shape index (κ3) is 4.31. The lowest BCUT2D eigenvalue weighted by Crippen LogP contribution is -2.35. The zero-order chi connectivity index (χ0) is 17.0. The molecule has 23 heavy (non-hydrogen) atoms. The average Bonchev–Trinajstić information content (AvgIpc) is 2.50. The fourth-order valence-electron chi connectivity index (χ4n) is 1.98. The number of halogens is 1. The highest BCUT2D eigenvalue weighted by Gasteiger charge is 2.23. The summed E-state index contributed by atoms with van der Waals surface area (Å²) in [6.07, 6.45) is 0. The largest absolute Gasteiger partial charge is 0.325 e. The summed E-state index contributed by atoms with van der Waals surface area (Å²) in [5, 5.41) is 3.16. The molecule has 2 aromatic rings. The number of rotatable bonds is 5. The lowest BCUT2D eigenvalue weighted by Gasteiger charge is -2.17. The van der Waals surface area contributed by atoms with Gasteiger partial charge in [0.2, 0.25) is 15.9 Å². The number of anilines is 1. The van der Waals surface area contributed by atoms with Crippen LogP contribution in [0.5, 0.6) is 0 Å². The summed E-state index contributed by atoms with van der Waals surface area (Å²) in [6.45, 7) is 1.59. The van der Waals surface area contributed by atoms with Gasteiger partial charge in [0.15, 0.2) is 0 Å². The molecular weight excluding hydrogens is 336 g/mol. The number of aryl methyl sites for hydroxylation is 1. The molecule has 7 heteroatoms. The van der Waals surface area contributed by atoms with Gasteiger partial charge in [0.1, 0.15) is 0 Å². The van der Waals surface area contributed by atoms with Crippen molar-refractivity contribution in [2.75, 3.05) is 18.9 Å². The summed E-state index contributed by atoms with van der Waals surface area (Å²) < 4.78 is 25.8. The molecule has 5 nitrogen and oxygen atoms in total. The quantitative estimate of drug-likeness (QED) is 0.899. The van der Waals surface area contributed by atoms with Crippen LogP contribution in [0.2, 0.25) is 5.02 Å². The van der Waals surface area contributed by atoms with Crippen molar-refractivity contribution in [1.29, 1.82) is 0 Å². The highest BCUT2D eigenvalue weighted by Crippen LogP contribution is 2.18. The Bertz CT molecular complexity index is 804. The Morgan fingerprint density at radius 1 is 1.13 bits per heavy atom. The Kier molecular flexibility index (Phi) is 5.41. The molecule has 0 saturated carbocycles. The van der Waals surface area contributed by atoms with Crippen LogP contribution in [-0.4, -0.2) is 32.2 Å². The maximum absolute atomic E-state index is 12.4. The lowest BCUT2D eigenvalue weighted by atomic mass is 10.2. The van der Waals surface area contributed by atoms with Gasteiger partial charge in [-0.05, 0) is 42.8 Å². The molecule has 122 valence electrons. The molecule has 0 bridgehead atoms. The van der Waals surface area contributed by atoms with Gasteiger partial charge in [0, 0.05) is 17.8 Å². The smallest absolute Gasteiger partial charge is 0.243 e. The number of nitrogens with one attached hydrogen (secondary N) is 1. The summed E-state index contributed by atoms with van der Waals surface area (Å²) in [5.74, 6) is -0.403. The molecule has 1 amide bonds. The predicted octanol–water partition coefficient (Wildman–Crippen LogP) is 2.91. The van der Waals surface area contributed by atoms with E-state index in [9.17, 15) is 13.2 Å². The molecule has 0 heterocycles. The summed E-state index contributed by atoms with van der Waals surface area (Å²) in [5.41, 5.74) is 1.57. The van der Waals surface area contributed by atoms with Crippen molar-refractivity contribution in [2.45, 2.75) is 11.8 Å². The third-order valence-corrected chi connectivity index (χ3v) is 5.38. The molecule has 0 spiro atoms. The first-order valence-electron chi connectivity index (χ1n) is 6.88. The number of nitrogens with zero attached hydrogens (tertiary/aromatic N) is 1. The zero-order valence-electron chi connectivity index (χ0n) is 12.8. The molecular formula is C16H17ClN2O3S. The number of para-hydroxylation sites is 1. The second-order valence-corrected chi connectivity index (χ2v) is 7.56. The van der Waals surface area contributed by atoms with Gasteiger partial charge >= 0.3 is 0 Å². The molecule has 0 fully saturated rings. The van der Waals surface area contributed by atoms with Crippen molar-refractivity contribution in [2.24, 2.45) is 0 Å². The van der Waals surface area contributed by atoms with E-state index < -0.39 is 15.9 Å². The van der Waals surface area contributed by atoms with Crippen LogP contribution in [0.25, 0.3) is 0 Å². The van der Waals surface area contributed by atoms with Gasteiger partial charge in [-0.2, -0.15) is 4.31 Å². The van der Waals surface area contributed by atoms with Gasteiger partial charge in [-0.1, -0.05) is 29.8 Å². The normalized spacial score (nSPS) is 11.5. The van der Waals surface area contributed by atoms with E-state index in [1.165, 1.54) is 31.3 Å². The third-order valence-electron chi connectivity index (χ3n) is 3.31. The highest BCUT2D eigenvalue weighted by molar-refractivity contribution is 7.89. The van der Waals surface area contributed by atoms with E-state index >= 15 is 0 Å². The van der Waals surface area contributed by atoms with E-state index in [1.54, 1.807) is 12.1 Å². The van der Waals surface area contributed by atoms with Crippen LogP contribution in [0.3, 0.4) is 0 Å². The summed E-state index contributed by atoms with van der Waals surface area (Å²) >= 11 is 5.76.